The minimum Gasteiger partial charge on any atom is -0.432 e. The Labute approximate surface area is 88.8 Å². The molecule has 0 aliphatic heterocycles. The number of para-hydroxylation sites is 1. The number of carbonyl (C=O) groups excluding carboxylic acids is 1. The summed E-state index contributed by atoms with van der Waals surface area (Å²) in [5.41, 5.74) is 0. The SMILES string of the molecule is CCOCCOC(=O)Oc1ccccc1. The number of benzene rings is 1. The molecule has 0 saturated heterocycles. The van der Waals surface area contributed by atoms with Crippen molar-refractivity contribution in [3.05, 3.63) is 30.3 Å². The molecule has 0 unspecified atom stereocenters. The normalized spacial score (nSPS) is 9.67. The molecule has 0 fully saturated rings. The molecule has 0 bridgehead atoms. The summed E-state index contributed by atoms with van der Waals surface area (Å²) in [6.07, 6.45) is -0.707. The second-order valence-electron chi connectivity index (χ2n) is 2.71. The molecule has 0 amide bonds. The van der Waals surface area contributed by atoms with Crippen LogP contribution in [0.3, 0.4) is 0 Å². The maximum atomic E-state index is 11.1. The lowest BCUT2D eigenvalue weighted by Gasteiger charge is -2.05. The Hall–Kier alpha value is -1.55. The maximum Gasteiger partial charge on any atom is 0.513 e. The van der Waals surface area contributed by atoms with Gasteiger partial charge in [-0.3, -0.25) is 0 Å². The van der Waals surface area contributed by atoms with E-state index in [0.717, 1.165) is 0 Å². The molecule has 4 nitrogen and oxygen atoms in total. The van der Waals surface area contributed by atoms with Gasteiger partial charge in [0.05, 0.1) is 6.61 Å². The van der Waals surface area contributed by atoms with E-state index in [2.05, 4.69) is 0 Å². The van der Waals surface area contributed by atoms with Crippen molar-refractivity contribution >= 4 is 6.16 Å². The lowest BCUT2D eigenvalue weighted by atomic mass is 10.3. The second kappa shape index (κ2) is 6.84. The average Bonchev–Trinajstić information content (AvgIpc) is 2.26. The van der Waals surface area contributed by atoms with Crippen molar-refractivity contribution < 1.29 is 19.0 Å². The predicted octanol–water partition coefficient (Wildman–Crippen LogP) is 2.24. The van der Waals surface area contributed by atoms with E-state index in [1.54, 1.807) is 24.3 Å². The van der Waals surface area contributed by atoms with Gasteiger partial charge in [-0.15, -0.1) is 0 Å². The van der Waals surface area contributed by atoms with E-state index in [0.29, 0.717) is 19.0 Å². The van der Waals surface area contributed by atoms with Crippen LogP contribution in [0.4, 0.5) is 4.79 Å². The Kier molecular flexibility index (Phi) is 5.25. The third-order valence-electron chi connectivity index (χ3n) is 1.60. The van der Waals surface area contributed by atoms with E-state index < -0.39 is 6.16 Å². The largest absolute Gasteiger partial charge is 0.513 e. The highest BCUT2D eigenvalue weighted by Crippen LogP contribution is 2.08. The summed E-state index contributed by atoms with van der Waals surface area (Å²) in [5, 5.41) is 0. The zero-order valence-electron chi connectivity index (χ0n) is 8.64. The van der Waals surface area contributed by atoms with Crippen molar-refractivity contribution in [2.75, 3.05) is 19.8 Å². The van der Waals surface area contributed by atoms with E-state index in [4.69, 9.17) is 14.2 Å². The van der Waals surface area contributed by atoms with Gasteiger partial charge in [-0.1, -0.05) is 18.2 Å². The van der Waals surface area contributed by atoms with Gasteiger partial charge in [0.2, 0.25) is 0 Å². The number of rotatable bonds is 5. The first-order valence-electron chi connectivity index (χ1n) is 4.80. The first-order chi connectivity index (χ1) is 7.33. The van der Waals surface area contributed by atoms with Gasteiger partial charge in [0, 0.05) is 6.61 Å². The fourth-order valence-corrected chi connectivity index (χ4v) is 0.942. The van der Waals surface area contributed by atoms with Crippen molar-refractivity contribution in [2.24, 2.45) is 0 Å². The molecule has 0 saturated carbocycles. The Bertz CT molecular complexity index is 284. The second-order valence-corrected chi connectivity index (χ2v) is 2.71. The topological polar surface area (TPSA) is 44.8 Å². The van der Waals surface area contributed by atoms with Crippen LogP contribution >= 0.6 is 0 Å². The van der Waals surface area contributed by atoms with Crippen molar-refractivity contribution in [3.8, 4) is 5.75 Å². The van der Waals surface area contributed by atoms with Gasteiger partial charge < -0.3 is 14.2 Å². The Morgan fingerprint density at radius 1 is 1.20 bits per heavy atom. The monoisotopic (exact) mass is 210 g/mol. The van der Waals surface area contributed by atoms with Crippen molar-refractivity contribution in [1.29, 1.82) is 0 Å². The quantitative estimate of drug-likeness (QED) is 0.424. The fraction of sp³-hybridized carbons (Fsp3) is 0.364. The van der Waals surface area contributed by atoms with Crippen LogP contribution in [0, 0.1) is 0 Å². The molecule has 82 valence electrons. The van der Waals surface area contributed by atoms with Crippen molar-refractivity contribution in [1.82, 2.24) is 0 Å². The molecule has 15 heavy (non-hydrogen) atoms. The summed E-state index contributed by atoms with van der Waals surface area (Å²) in [7, 11) is 0. The van der Waals surface area contributed by atoms with Crippen LogP contribution in [-0.2, 0) is 9.47 Å². The smallest absolute Gasteiger partial charge is 0.432 e. The van der Waals surface area contributed by atoms with Crippen molar-refractivity contribution in [2.45, 2.75) is 6.92 Å². The Balaban J connectivity index is 2.19. The highest BCUT2D eigenvalue weighted by Gasteiger charge is 2.04. The average molecular weight is 210 g/mol. The van der Waals surface area contributed by atoms with E-state index >= 15 is 0 Å². The van der Waals surface area contributed by atoms with Gasteiger partial charge in [-0.25, -0.2) is 4.79 Å². The summed E-state index contributed by atoms with van der Waals surface area (Å²) in [5.74, 6) is 0.471. The minimum atomic E-state index is -0.707. The van der Waals surface area contributed by atoms with Gasteiger partial charge in [0.1, 0.15) is 12.4 Å². The van der Waals surface area contributed by atoms with Crippen molar-refractivity contribution in [3.63, 3.8) is 0 Å². The molecule has 1 aromatic carbocycles. The maximum absolute atomic E-state index is 11.1. The third kappa shape index (κ3) is 5.02. The molecule has 1 rings (SSSR count). The molecule has 0 spiro atoms. The Morgan fingerprint density at radius 2 is 1.93 bits per heavy atom. The van der Waals surface area contributed by atoms with E-state index in [9.17, 15) is 4.79 Å². The van der Waals surface area contributed by atoms with Gasteiger partial charge in [-0.05, 0) is 19.1 Å². The van der Waals surface area contributed by atoms with Crippen LogP contribution in [0.1, 0.15) is 6.92 Å². The fourth-order valence-electron chi connectivity index (χ4n) is 0.942. The number of carbonyl (C=O) groups is 1. The summed E-state index contributed by atoms with van der Waals surface area (Å²) >= 11 is 0. The molecule has 0 aliphatic rings. The van der Waals surface area contributed by atoms with Gasteiger partial charge >= 0.3 is 6.16 Å². The first kappa shape index (κ1) is 11.5. The molecular weight excluding hydrogens is 196 g/mol. The number of ether oxygens (including phenoxy) is 3. The molecule has 0 aliphatic carbocycles. The highest BCUT2D eigenvalue weighted by atomic mass is 16.7. The van der Waals surface area contributed by atoms with Crippen LogP contribution in [0.25, 0.3) is 0 Å². The summed E-state index contributed by atoms with van der Waals surface area (Å²) in [6.45, 7) is 3.08. The molecule has 0 aromatic heterocycles. The first-order valence-corrected chi connectivity index (χ1v) is 4.80. The number of hydrogen-bond donors (Lipinski definition) is 0. The third-order valence-corrected chi connectivity index (χ3v) is 1.60. The van der Waals surface area contributed by atoms with Crippen LogP contribution in [0.15, 0.2) is 30.3 Å². The predicted molar refractivity (Wildman–Crippen MR) is 54.9 cm³/mol. The molecule has 1 aromatic rings. The molecule has 4 heteroatoms. The zero-order chi connectivity index (χ0) is 10.9. The summed E-state index contributed by atoms with van der Waals surface area (Å²) < 4.78 is 14.6. The van der Waals surface area contributed by atoms with Crippen LogP contribution in [-0.4, -0.2) is 26.0 Å². The van der Waals surface area contributed by atoms with E-state index in [1.165, 1.54) is 0 Å². The van der Waals surface area contributed by atoms with E-state index in [1.807, 2.05) is 13.0 Å². The zero-order valence-corrected chi connectivity index (χ0v) is 8.64. The lowest BCUT2D eigenvalue weighted by Crippen LogP contribution is -2.14. The van der Waals surface area contributed by atoms with Gasteiger partial charge in [-0.2, -0.15) is 0 Å². The van der Waals surface area contributed by atoms with Crippen LogP contribution in [0.5, 0.6) is 5.75 Å². The summed E-state index contributed by atoms with van der Waals surface area (Å²) in [6, 6.07) is 8.77. The minimum absolute atomic E-state index is 0.208. The van der Waals surface area contributed by atoms with Gasteiger partial charge in [0.15, 0.2) is 0 Å². The lowest BCUT2D eigenvalue weighted by molar-refractivity contribution is 0.0560. The van der Waals surface area contributed by atoms with Gasteiger partial charge in [0.25, 0.3) is 0 Å². The van der Waals surface area contributed by atoms with E-state index in [-0.39, 0.29) is 6.61 Å². The molecule has 0 N–H and O–H groups in total. The molecule has 0 atom stereocenters. The highest BCUT2D eigenvalue weighted by molar-refractivity contribution is 5.63. The molecule has 0 radical (unpaired) electrons. The summed E-state index contributed by atoms with van der Waals surface area (Å²) in [4.78, 5) is 11.1. The molecule has 0 heterocycles. The molecular formula is C11H14O4. The van der Waals surface area contributed by atoms with Crippen LogP contribution < -0.4 is 4.74 Å². The number of hydrogen-bond acceptors (Lipinski definition) is 4. The standard InChI is InChI=1S/C11H14O4/c1-2-13-8-9-14-11(12)15-10-6-4-3-5-7-10/h3-7H,2,8-9H2,1H3. The Morgan fingerprint density at radius 3 is 2.60 bits per heavy atom. The van der Waals surface area contributed by atoms with Crippen LogP contribution in [0.2, 0.25) is 0 Å².